The van der Waals surface area contributed by atoms with Crippen molar-refractivity contribution in [2.75, 3.05) is 0 Å². The molecule has 2 aliphatic rings. The Hall–Kier alpha value is -0.930. The number of hydrogen-bond donors (Lipinski definition) is 1. The summed E-state index contributed by atoms with van der Waals surface area (Å²) in [6.07, 6.45) is 8.06. The first-order chi connectivity index (χ1) is 7.34. The van der Waals surface area contributed by atoms with Gasteiger partial charge in [0.2, 0.25) is 0 Å². The fourth-order valence-corrected chi connectivity index (χ4v) is 2.88. The van der Waals surface area contributed by atoms with E-state index in [9.17, 15) is 0 Å². The predicted octanol–water partition coefficient (Wildman–Crippen LogP) is 1.65. The molecule has 0 saturated carbocycles. The van der Waals surface area contributed by atoms with Crippen LogP contribution in [0.4, 0.5) is 0 Å². The van der Waals surface area contributed by atoms with Gasteiger partial charge >= 0.3 is 0 Å². The Morgan fingerprint density at radius 3 is 3.00 bits per heavy atom. The molecular formula is C12H16N2O. The van der Waals surface area contributed by atoms with Gasteiger partial charge in [-0.15, -0.1) is 0 Å². The monoisotopic (exact) mass is 204 g/mol. The molecule has 2 fully saturated rings. The van der Waals surface area contributed by atoms with E-state index >= 15 is 0 Å². The van der Waals surface area contributed by atoms with E-state index in [1.54, 1.807) is 6.20 Å². The molecule has 2 aliphatic heterocycles. The zero-order valence-corrected chi connectivity index (χ0v) is 8.67. The molecule has 2 saturated heterocycles. The van der Waals surface area contributed by atoms with Gasteiger partial charge in [-0.25, -0.2) is 0 Å². The Labute approximate surface area is 89.6 Å². The van der Waals surface area contributed by atoms with E-state index in [-0.39, 0.29) is 6.04 Å². The molecule has 0 spiro atoms. The molecule has 0 radical (unpaired) electrons. The average molecular weight is 204 g/mol. The van der Waals surface area contributed by atoms with Crippen molar-refractivity contribution in [3.05, 3.63) is 30.1 Å². The van der Waals surface area contributed by atoms with Gasteiger partial charge in [0, 0.05) is 24.4 Å². The van der Waals surface area contributed by atoms with E-state index in [1.165, 1.54) is 12.8 Å². The summed E-state index contributed by atoms with van der Waals surface area (Å²) in [5.41, 5.74) is 7.40. The number of pyridine rings is 1. The van der Waals surface area contributed by atoms with Gasteiger partial charge in [0.15, 0.2) is 0 Å². The molecule has 2 N–H and O–H groups in total. The lowest BCUT2D eigenvalue weighted by molar-refractivity contribution is 0.0884. The topological polar surface area (TPSA) is 48.1 Å². The van der Waals surface area contributed by atoms with E-state index in [4.69, 9.17) is 10.5 Å². The van der Waals surface area contributed by atoms with Gasteiger partial charge in [-0.3, -0.25) is 4.98 Å². The Morgan fingerprint density at radius 1 is 1.47 bits per heavy atom. The summed E-state index contributed by atoms with van der Waals surface area (Å²) in [5.74, 6) is 0.493. The van der Waals surface area contributed by atoms with Gasteiger partial charge in [-0.2, -0.15) is 0 Å². The molecule has 3 rings (SSSR count). The van der Waals surface area contributed by atoms with Crippen LogP contribution in [0.1, 0.15) is 30.9 Å². The highest BCUT2D eigenvalue weighted by Crippen LogP contribution is 2.43. The molecule has 0 amide bonds. The molecule has 2 bridgehead atoms. The first-order valence-corrected chi connectivity index (χ1v) is 5.65. The molecule has 3 nitrogen and oxygen atoms in total. The molecule has 0 aliphatic carbocycles. The van der Waals surface area contributed by atoms with E-state index in [0.29, 0.717) is 18.1 Å². The SMILES string of the molecule is NC(c1cccnc1)C1CC2CCC1O2. The highest BCUT2D eigenvalue weighted by molar-refractivity contribution is 5.16. The van der Waals surface area contributed by atoms with Crippen LogP contribution in [0.5, 0.6) is 0 Å². The third-order valence-electron chi connectivity index (χ3n) is 3.68. The van der Waals surface area contributed by atoms with Crippen molar-refractivity contribution in [1.82, 2.24) is 4.98 Å². The van der Waals surface area contributed by atoms with Crippen molar-refractivity contribution >= 4 is 0 Å². The van der Waals surface area contributed by atoms with E-state index in [1.807, 2.05) is 12.3 Å². The molecular weight excluding hydrogens is 188 g/mol. The van der Waals surface area contributed by atoms with Gasteiger partial charge in [-0.05, 0) is 30.9 Å². The summed E-state index contributed by atoms with van der Waals surface area (Å²) in [6.45, 7) is 0. The Balaban J connectivity index is 1.78. The summed E-state index contributed by atoms with van der Waals surface area (Å²) >= 11 is 0. The van der Waals surface area contributed by atoms with Crippen molar-refractivity contribution in [2.45, 2.75) is 37.5 Å². The Kier molecular flexibility index (Phi) is 2.22. The quantitative estimate of drug-likeness (QED) is 0.796. The van der Waals surface area contributed by atoms with Crippen LogP contribution in [0.3, 0.4) is 0 Å². The number of aromatic nitrogens is 1. The third-order valence-corrected chi connectivity index (χ3v) is 3.68. The minimum Gasteiger partial charge on any atom is -0.375 e. The lowest BCUT2D eigenvalue weighted by atomic mass is 9.82. The molecule has 1 aromatic rings. The maximum atomic E-state index is 6.27. The maximum Gasteiger partial charge on any atom is 0.0627 e. The smallest absolute Gasteiger partial charge is 0.0627 e. The largest absolute Gasteiger partial charge is 0.375 e. The van der Waals surface area contributed by atoms with Crippen LogP contribution in [0.2, 0.25) is 0 Å². The van der Waals surface area contributed by atoms with Gasteiger partial charge in [-0.1, -0.05) is 6.07 Å². The van der Waals surface area contributed by atoms with Crippen LogP contribution in [-0.2, 0) is 4.74 Å². The van der Waals surface area contributed by atoms with Crippen molar-refractivity contribution in [2.24, 2.45) is 11.7 Å². The standard InChI is InChI=1S/C12H16N2O/c13-12(8-2-1-5-14-7-8)10-6-9-3-4-11(10)15-9/h1-2,5,7,9-12H,3-4,6,13H2. The van der Waals surface area contributed by atoms with Crippen LogP contribution < -0.4 is 5.73 Å². The number of hydrogen-bond acceptors (Lipinski definition) is 3. The lowest BCUT2D eigenvalue weighted by Gasteiger charge is -2.25. The fraction of sp³-hybridized carbons (Fsp3) is 0.583. The molecule has 3 heteroatoms. The summed E-state index contributed by atoms with van der Waals surface area (Å²) in [5, 5.41) is 0. The minimum absolute atomic E-state index is 0.0917. The zero-order valence-electron chi connectivity index (χ0n) is 8.67. The highest BCUT2D eigenvalue weighted by atomic mass is 16.5. The summed E-state index contributed by atoms with van der Waals surface area (Å²) < 4.78 is 5.83. The zero-order chi connectivity index (χ0) is 10.3. The normalized spacial score (nSPS) is 35.7. The van der Waals surface area contributed by atoms with Crippen molar-refractivity contribution in [1.29, 1.82) is 0 Å². The second-order valence-corrected chi connectivity index (χ2v) is 4.59. The first-order valence-electron chi connectivity index (χ1n) is 5.65. The third kappa shape index (κ3) is 1.56. The Bertz CT molecular complexity index is 341. The van der Waals surface area contributed by atoms with Crippen LogP contribution in [0.15, 0.2) is 24.5 Å². The van der Waals surface area contributed by atoms with Crippen molar-refractivity contribution < 1.29 is 4.74 Å². The molecule has 3 heterocycles. The average Bonchev–Trinajstić information content (AvgIpc) is 2.91. The minimum atomic E-state index is 0.0917. The highest BCUT2D eigenvalue weighted by Gasteiger charge is 2.43. The summed E-state index contributed by atoms with van der Waals surface area (Å²) in [7, 11) is 0. The number of nitrogens with two attached hydrogens (primary N) is 1. The Morgan fingerprint density at radius 2 is 2.40 bits per heavy atom. The first kappa shape index (κ1) is 9.31. The maximum absolute atomic E-state index is 6.27. The number of ether oxygens (including phenoxy) is 1. The van der Waals surface area contributed by atoms with Gasteiger partial charge in [0.1, 0.15) is 0 Å². The van der Waals surface area contributed by atoms with Gasteiger partial charge in [0.05, 0.1) is 12.2 Å². The number of fused-ring (bicyclic) bond motifs is 2. The van der Waals surface area contributed by atoms with Crippen molar-refractivity contribution in [3.8, 4) is 0 Å². The second kappa shape index (κ2) is 3.58. The fourth-order valence-electron chi connectivity index (χ4n) is 2.88. The number of nitrogens with zero attached hydrogens (tertiary/aromatic N) is 1. The van der Waals surface area contributed by atoms with Gasteiger partial charge in [0.25, 0.3) is 0 Å². The summed E-state index contributed by atoms with van der Waals surface area (Å²) in [4.78, 5) is 4.12. The molecule has 0 aromatic carbocycles. The second-order valence-electron chi connectivity index (χ2n) is 4.59. The van der Waals surface area contributed by atoms with Crippen LogP contribution in [0, 0.1) is 5.92 Å². The van der Waals surface area contributed by atoms with Crippen LogP contribution in [0.25, 0.3) is 0 Å². The van der Waals surface area contributed by atoms with Gasteiger partial charge < -0.3 is 10.5 Å². The molecule has 1 aromatic heterocycles. The molecule has 4 atom stereocenters. The van der Waals surface area contributed by atoms with Crippen LogP contribution >= 0.6 is 0 Å². The molecule has 80 valence electrons. The van der Waals surface area contributed by atoms with E-state index in [2.05, 4.69) is 11.1 Å². The number of rotatable bonds is 2. The van der Waals surface area contributed by atoms with E-state index < -0.39 is 0 Å². The van der Waals surface area contributed by atoms with Crippen molar-refractivity contribution in [3.63, 3.8) is 0 Å². The van der Waals surface area contributed by atoms with Crippen LogP contribution in [-0.4, -0.2) is 17.2 Å². The molecule has 4 unspecified atom stereocenters. The predicted molar refractivity (Wildman–Crippen MR) is 57.2 cm³/mol. The lowest BCUT2D eigenvalue weighted by Crippen LogP contribution is -2.29. The summed E-state index contributed by atoms with van der Waals surface area (Å²) in [6, 6.07) is 4.10. The van der Waals surface area contributed by atoms with E-state index in [0.717, 1.165) is 12.0 Å². The molecule has 15 heavy (non-hydrogen) atoms.